The van der Waals surface area contributed by atoms with Crippen molar-refractivity contribution < 1.29 is 32.7 Å². The highest BCUT2D eigenvalue weighted by atomic mass is 31.2. The van der Waals surface area contributed by atoms with Crippen LogP contribution < -0.4 is 20.7 Å². The van der Waals surface area contributed by atoms with Crippen LogP contribution in [0.15, 0.2) is 94.6 Å². The molecule has 14 nitrogen and oxygen atoms in total. The highest BCUT2D eigenvalue weighted by Crippen LogP contribution is 2.51. The summed E-state index contributed by atoms with van der Waals surface area (Å²) in [7, 11) is 1.36. The summed E-state index contributed by atoms with van der Waals surface area (Å²) in [5, 5.41) is 18.9. The van der Waals surface area contributed by atoms with Gasteiger partial charge in [0.1, 0.15) is 35.4 Å². The Morgan fingerprint density at radius 1 is 0.828 bits per heavy atom. The van der Waals surface area contributed by atoms with E-state index in [1.807, 2.05) is 107 Å². The van der Waals surface area contributed by atoms with Gasteiger partial charge in [-0.1, -0.05) is 54.6 Å². The monoisotopic (exact) mass is 813 g/mol. The minimum absolute atomic E-state index is 0.00247. The van der Waals surface area contributed by atoms with E-state index in [-0.39, 0.29) is 50.3 Å². The van der Waals surface area contributed by atoms with Gasteiger partial charge in [-0.05, 0) is 75.6 Å². The van der Waals surface area contributed by atoms with E-state index in [9.17, 15) is 20.1 Å². The summed E-state index contributed by atoms with van der Waals surface area (Å²) >= 11 is 0. The van der Waals surface area contributed by atoms with E-state index < -0.39 is 49.9 Å². The van der Waals surface area contributed by atoms with Crippen molar-refractivity contribution in [1.29, 1.82) is 10.5 Å². The molecule has 1 aliphatic rings. The van der Waals surface area contributed by atoms with Crippen LogP contribution >= 0.6 is 8.53 Å². The first-order valence-corrected chi connectivity index (χ1v) is 20.3. The average Bonchev–Trinajstić information content (AvgIpc) is 3.56. The molecule has 0 spiro atoms. The Hall–Kier alpha value is -4.89. The van der Waals surface area contributed by atoms with Crippen molar-refractivity contribution in [3.05, 3.63) is 128 Å². The maximum absolute atomic E-state index is 13.5. The summed E-state index contributed by atoms with van der Waals surface area (Å²) in [4.78, 5) is 28.4. The Morgan fingerprint density at radius 3 is 1.91 bits per heavy atom. The van der Waals surface area contributed by atoms with Crippen LogP contribution in [0.3, 0.4) is 0 Å². The number of aryl methyl sites for hydroxylation is 1. The number of benzene rings is 3. The summed E-state index contributed by atoms with van der Waals surface area (Å²) in [5.41, 5.74) is 0.218. The number of aromatic nitrogens is 2. The van der Waals surface area contributed by atoms with Gasteiger partial charge in [-0.3, -0.25) is 14.3 Å². The van der Waals surface area contributed by atoms with E-state index in [0.29, 0.717) is 11.5 Å². The van der Waals surface area contributed by atoms with Gasteiger partial charge in [0.25, 0.3) is 14.1 Å². The van der Waals surface area contributed by atoms with Gasteiger partial charge in [-0.2, -0.15) is 10.5 Å². The van der Waals surface area contributed by atoms with Crippen molar-refractivity contribution >= 4 is 8.53 Å². The van der Waals surface area contributed by atoms with Crippen LogP contribution in [0.1, 0.15) is 69.0 Å². The van der Waals surface area contributed by atoms with Crippen molar-refractivity contribution in [1.82, 2.24) is 14.2 Å². The van der Waals surface area contributed by atoms with Crippen molar-refractivity contribution in [3.63, 3.8) is 0 Å². The molecule has 3 aromatic carbocycles. The molecular weight excluding hydrogens is 761 g/mol. The first kappa shape index (κ1) is 44.2. The number of nitrogens with one attached hydrogen (secondary N) is 1. The van der Waals surface area contributed by atoms with Crippen LogP contribution in [-0.2, 0) is 28.9 Å². The molecular formula is C43H52N5O9P. The molecule has 1 fully saturated rings. The second-order valence-electron chi connectivity index (χ2n) is 14.2. The number of nitriles is 2. The van der Waals surface area contributed by atoms with Crippen LogP contribution in [0, 0.1) is 29.6 Å². The molecule has 1 aromatic heterocycles. The largest absolute Gasteiger partial charge is 0.497 e. The predicted octanol–water partition coefficient (Wildman–Crippen LogP) is 6.73. The van der Waals surface area contributed by atoms with Crippen LogP contribution in [0.5, 0.6) is 11.5 Å². The molecule has 1 aliphatic heterocycles. The predicted molar refractivity (Wildman–Crippen MR) is 218 cm³/mol. The lowest BCUT2D eigenvalue weighted by molar-refractivity contribution is -0.0975. The van der Waals surface area contributed by atoms with Gasteiger partial charge in [0.05, 0.1) is 59.0 Å². The molecule has 1 unspecified atom stereocenters. The van der Waals surface area contributed by atoms with Gasteiger partial charge in [-0.15, -0.1) is 0 Å². The summed E-state index contributed by atoms with van der Waals surface area (Å²) in [6, 6.07) is 29.3. The van der Waals surface area contributed by atoms with Gasteiger partial charge in [0, 0.05) is 23.8 Å². The normalized spacial score (nSPS) is 18.6. The van der Waals surface area contributed by atoms with Crippen LogP contribution in [0.2, 0.25) is 0 Å². The van der Waals surface area contributed by atoms with E-state index in [1.165, 1.54) is 10.8 Å². The molecule has 0 radical (unpaired) electrons. The number of hydrogen-bond donors (Lipinski definition) is 1. The zero-order valence-electron chi connectivity index (χ0n) is 34.0. The molecule has 308 valence electrons. The second-order valence-corrected chi connectivity index (χ2v) is 15.6. The number of methoxy groups -OCH3 is 2. The van der Waals surface area contributed by atoms with E-state index in [2.05, 4.69) is 21.8 Å². The molecule has 0 saturated carbocycles. The number of ether oxygens (including phenoxy) is 5. The molecule has 4 aromatic rings. The fraction of sp³-hybridized carbons (Fsp3) is 0.442. The molecule has 1 saturated heterocycles. The third kappa shape index (κ3) is 10.0. The summed E-state index contributed by atoms with van der Waals surface area (Å²) in [6.07, 6.45) is -2.34. The topological polar surface area (TPSA) is 170 Å². The molecule has 0 aliphatic carbocycles. The lowest BCUT2D eigenvalue weighted by Gasteiger charge is -2.39. The zero-order chi connectivity index (χ0) is 41.8. The molecule has 58 heavy (non-hydrogen) atoms. The zero-order valence-corrected chi connectivity index (χ0v) is 34.9. The minimum Gasteiger partial charge on any atom is -0.497 e. The third-order valence-electron chi connectivity index (χ3n) is 9.74. The fourth-order valence-corrected chi connectivity index (χ4v) is 8.84. The summed E-state index contributed by atoms with van der Waals surface area (Å²) < 4.78 is 48.3. The smallest absolute Gasteiger partial charge is 0.330 e. The Balaban J connectivity index is 1.69. The Morgan fingerprint density at radius 2 is 1.38 bits per heavy atom. The van der Waals surface area contributed by atoms with Gasteiger partial charge >= 0.3 is 5.69 Å². The quantitative estimate of drug-likeness (QED) is 0.0568. The molecule has 1 N–H and O–H groups in total. The Kier molecular flexibility index (Phi) is 15.8. The van der Waals surface area contributed by atoms with Crippen LogP contribution in [0.25, 0.3) is 0 Å². The van der Waals surface area contributed by atoms with Crippen LogP contribution in [0.4, 0.5) is 0 Å². The van der Waals surface area contributed by atoms with E-state index in [0.717, 1.165) is 16.7 Å². The lowest BCUT2D eigenvalue weighted by Crippen LogP contribution is -2.43. The fourth-order valence-electron chi connectivity index (χ4n) is 7.07. The van der Waals surface area contributed by atoms with E-state index in [1.54, 1.807) is 21.1 Å². The van der Waals surface area contributed by atoms with Crippen LogP contribution in [-0.4, -0.2) is 78.7 Å². The number of hydrogen-bond acceptors (Lipinski definition) is 12. The third-order valence-corrected chi connectivity index (χ3v) is 11.9. The molecule has 0 amide bonds. The second kappa shape index (κ2) is 20.7. The SMILES string of the molecule is COc1ccc(C(OC[C@H]2O[C@@H](n3cc(C)c(=O)[nH]c3=O)[C@H](OCCC#N)[C@@H]2OP(OCCC#N)N(C(C)C)C(C)C)(c2ccccc2)c2ccc(OC)cc2)cc1. The van der Waals surface area contributed by atoms with E-state index in [4.69, 9.17) is 32.7 Å². The number of nitrogens with zero attached hydrogens (tertiary/aromatic N) is 4. The summed E-state index contributed by atoms with van der Waals surface area (Å²) in [5.74, 6) is 1.33. The van der Waals surface area contributed by atoms with Crippen molar-refractivity contribution in [2.24, 2.45) is 0 Å². The van der Waals surface area contributed by atoms with Gasteiger partial charge in [0.2, 0.25) is 0 Å². The van der Waals surface area contributed by atoms with Gasteiger partial charge in [-0.25, -0.2) is 9.46 Å². The number of aromatic amines is 1. The maximum atomic E-state index is 13.5. The molecule has 15 heteroatoms. The average molecular weight is 814 g/mol. The number of rotatable bonds is 20. The molecule has 5 atom stereocenters. The van der Waals surface area contributed by atoms with Gasteiger partial charge < -0.3 is 32.7 Å². The Labute approximate surface area is 340 Å². The first-order chi connectivity index (χ1) is 28.0. The molecule has 0 bridgehead atoms. The lowest BCUT2D eigenvalue weighted by atomic mass is 9.80. The van der Waals surface area contributed by atoms with Crippen molar-refractivity contribution in [3.8, 4) is 23.6 Å². The van der Waals surface area contributed by atoms with E-state index >= 15 is 0 Å². The highest BCUT2D eigenvalue weighted by Gasteiger charge is 2.51. The molecule has 5 rings (SSSR count). The van der Waals surface area contributed by atoms with Gasteiger partial charge in [0.15, 0.2) is 6.23 Å². The standard InChI is InChI=1S/C43H52N5O9P/c1-29(2)48(30(3)4)58(55-26-12-24-45)57-38-37(56-41(39(38)53-25-11-23-44)47-27-31(5)40(49)46-42(47)50)28-54-43(32-13-9-8-10-14-32,33-15-19-35(51-6)20-16-33)34-17-21-36(52-7)22-18-34/h8-10,13-22,27,29-30,37-39,41H,11-12,25-26,28H2,1-7H3,(H,46,49,50)/t37-,38-,39-,41-,58?/m1/s1. The first-order valence-electron chi connectivity index (χ1n) is 19.2. The summed E-state index contributed by atoms with van der Waals surface area (Å²) in [6.45, 7) is 9.72. The Bertz CT molecular complexity index is 2060. The molecule has 2 heterocycles. The van der Waals surface area contributed by atoms with Crippen molar-refractivity contribution in [2.45, 2.75) is 89.7 Å². The maximum Gasteiger partial charge on any atom is 0.330 e. The highest BCUT2D eigenvalue weighted by molar-refractivity contribution is 7.44. The van der Waals surface area contributed by atoms with Crippen molar-refractivity contribution in [2.75, 3.05) is 34.0 Å². The minimum atomic E-state index is -1.86. The number of H-pyrrole nitrogens is 1.